The van der Waals surface area contributed by atoms with Crippen LogP contribution in [-0.2, 0) is 22.9 Å². The fraction of sp³-hybridized carbons (Fsp3) is 0.316. The summed E-state index contributed by atoms with van der Waals surface area (Å²) in [6.07, 6.45) is 1.23. The third-order valence-electron chi connectivity index (χ3n) is 4.84. The smallest absolute Gasteiger partial charge is 0.342 e. The number of benzene rings is 2. The molecule has 0 aromatic heterocycles. The highest BCUT2D eigenvalue weighted by Gasteiger charge is 2.29. The van der Waals surface area contributed by atoms with Crippen molar-refractivity contribution in [2.45, 2.75) is 17.7 Å². The highest BCUT2D eigenvalue weighted by atomic mass is 32.2. The van der Waals surface area contributed by atoms with E-state index in [-0.39, 0.29) is 35.1 Å². The van der Waals surface area contributed by atoms with Crippen LogP contribution in [0.4, 0.5) is 13.2 Å². The van der Waals surface area contributed by atoms with E-state index in [0.29, 0.717) is 29.8 Å². The number of piperidine rings is 1. The number of hydrogen-bond acceptors (Lipinski definition) is 5. The van der Waals surface area contributed by atoms with Crippen molar-refractivity contribution in [3.8, 4) is 5.75 Å². The van der Waals surface area contributed by atoms with Gasteiger partial charge in [0, 0.05) is 36.5 Å². The molecule has 1 heterocycles. The molecule has 0 atom stereocenters. The van der Waals surface area contributed by atoms with E-state index < -0.39 is 32.5 Å². The minimum atomic E-state index is -4.78. The summed E-state index contributed by atoms with van der Waals surface area (Å²) >= 11 is 5.36. The van der Waals surface area contributed by atoms with Crippen LogP contribution in [-0.4, -0.2) is 38.2 Å². The molecule has 0 amide bonds. The summed E-state index contributed by atoms with van der Waals surface area (Å²) < 4.78 is 70.0. The number of likely N-dealkylation sites (tertiary alicyclic amines) is 1. The van der Waals surface area contributed by atoms with Gasteiger partial charge in [0.25, 0.3) is 0 Å². The van der Waals surface area contributed by atoms with Crippen LogP contribution in [0.2, 0.25) is 0 Å². The van der Waals surface area contributed by atoms with Gasteiger partial charge in [0.1, 0.15) is 16.5 Å². The summed E-state index contributed by atoms with van der Waals surface area (Å²) in [5.41, 5.74) is 0.244. The Bertz CT molecular complexity index is 1050. The van der Waals surface area contributed by atoms with Gasteiger partial charge < -0.3 is 20.9 Å². The average molecular weight is 445 g/mol. The predicted octanol–water partition coefficient (Wildman–Crippen LogP) is 3.37. The van der Waals surface area contributed by atoms with Crippen LogP contribution in [0.3, 0.4) is 0 Å². The Hall–Kier alpha value is -2.04. The van der Waals surface area contributed by atoms with Crippen molar-refractivity contribution in [1.29, 1.82) is 0 Å². The Morgan fingerprint density at radius 1 is 1.07 bits per heavy atom. The Kier molecular flexibility index (Phi) is 5.98. The first-order valence-electron chi connectivity index (χ1n) is 8.77. The fourth-order valence-electron chi connectivity index (χ4n) is 3.18. The molecule has 0 saturated carbocycles. The number of halogens is 3. The van der Waals surface area contributed by atoms with Crippen molar-refractivity contribution in [1.82, 2.24) is 0 Å². The highest BCUT2D eigenvalue weighted by Crippen LogP contribution is 2.27. The molecule has 1 aliphatic heterocycles. The van der Waals surface area contributed by atoms with E-state index in [1.807, 2.05) is 7.05 Å². The third kappa shape index (κ3) is 4.93. The van der Waals surface area contributed by atoms with Gasteiger partial charge in [-0.05, 0) is 12.1 Å². The van der Waals surface area contributed by atoms with Gasteiger partial charge in [-0.25, -0.2) is 13.2 Å². The van der Waals surface area contributed by atoms with Crippen LogP contribution in [0.1, 0.15) is 23.2 Å². The van der Waals surface area contributed by atoms with Gasteiger partial charge in [0.05, 0.1) is 20.1 Å². The maximum Gasteiger partial charge on any atom is 0.342 e. The molecule has 0 aliphatic carbocycles. The first kappa shape index (κ1) is 21.7. The Labute approximate surface area is 172 Å². The van der Waals surface area contributed by atoms with Gasteiger partial charge in [-0.15, -0.1) is 0 Å². The summed E-state index contributed by atoms with van der Waals surface area (Å²) in [6.45, 7) is 1.34. The molecule has 156 valence electrons. The SMILES string of the molecule is C[N+]1([S-])CCC(C(=O)c2cccc(OS(=O)(=O)c3cc(F)c(F)cc3F)c2)CC1. The molecule has 0 N–H and O–H groups in total. The zero-order valence-electron chi connectivity index (χ0n) is 15.4. The Morgan fingerprint density at radius 2 is 1.69 bits per heavy atom. The van der Waals surface area contributed by atoms with E-state index in [2.05, 4.69) is 0 Å². The second kappa shape index (κ2) is 8.00. The molecule has 3 rings (SSSR count). The first-order valence-corrected chi connectivity index (χ1v) is 10.5. The molecule has 1 fully saturated rings. The van der Waals surface area contributed by atoms with Crippen molar-refractivity contribution >= 4 is 28.7 Å². The fourth-order valence-corrected chi connectivity index (χ4v) is 4.38. The van der Waals surface area contributed by atoms with Gasteiger partial charge in [-0.1, -0.05) is 12.1 Å². The summed E-state index contributed by atoms with van der Waals surface area (Å²) in [7, 11) is -2.87. The van der Waals surface area contributed by atoms with E-state index in [1.54, 1.807) is 0 Å². The minimum Gasteiger partial charge on any atom is -0.494 e. The monoisotopic (exact) mass is 445 g/mol. The third-order valence-corrected chi connectivity index (χ3v) is 6.47. The molecule has 29 heavy (non-hydrogen) atoms. The lowest BCUT2D eigenvalue weighted by molar-refractivity contribution is -0.779. The molecule has 0 bridgehead atoms. The van der Waals surface area contributed by atoms with E-state index in [0.717, 1.165) is 0 Å². The lowest BCUT2D eigenvalue weighted by Crippen LogP contribution is -2.46. The predicted molar refractivity (Wildman–Crippen MR) is 101 cm³/mol. The second-order valence-electron chi connectivity index (χ2n) is 7.14. The largest absolute Gasteiger partial charge is 0.494 e. The number of Topliss-reactive ketones (excluding diaryl/α,β-unsaturated/α-hetero) is 1. The number of ketones is 1. The quantitative estimate of drug-likeness (QED) is 0.232. The summed E-state index contributed by atoms with van der Waals surface area (Å²) in [5, 5.41) is 0. The zero-order valence-corrected chi connectivity index (χ0v) is 17.0. The number of hydrogen-bond donors (Lipinski definition) is 0. The number of carbonyl (C=O) groups excluding carboxylic acids is 1. The molecule has 10 heteroatoms. The summed E-state index contributed by atoms with van der Waals surface area (Å²) in [4.78, 5) is 11.6. The number of quaternary nitrogens is 1. The van der Waals surface area contributed by atoms with Gasteiger partial charge in [-0.2, -0.15) is 8.42 Å². The van der Waals surface area contributed by atoms with E-state index in [9.17, 15) is 26.4 Å². The standard InChI is InChI=1S/C19H18F3NO4S2/c1-23(28)7-5-12(6-8-23)19(24)13-3-2-4-14(9-13)27-29(25,26)18-11-16(21)15(20)10-17(18)22/h2-4,9-12H,5-8H2,1H3. The topological polar surface area (TPSA) is 60.4 Å². The molecular formula is C19H18F3NO4S2. The maximum absolute atomic E-state index is 13.8. The van der Waals surface area contributed by atoms with Crippen LogP contribution in [0.15, 0.2) is 41.3 Å². The Balaban J connectivity index is 1.81. The molecule has 5 nitrogen and oxygen atoms in total. The molecular weight excluding hydrogens is 427 g/mol. The molecule has 2 aromatic rings. The van der Waals surface area contributed by atoms with Crippen LogP contribution in [0.5, 0.6) is 5.75 Å². The van der Waals surface area contributed by atoms with Gasteiger partial charge in [-0.3, -0.25) is 4.79 Å². The molecule has 1 saturated heterocycles. The van der Waals surface area contributed by atoms with Gasteiger partial charge >= 0.3 is 10.1 Å². The van der Waals surface area contributed by atoms with Crippen LogP contribution in [0.25, 0.3) is 0 Å². The van der Waals surface area contributed by atoms with Crippen molar-refractivity contribution in [2.24, 2.45) is 5.92 Å². The number of nitrogens with zero attached hydrogens (tertiary/aromatic N) is 1. The molecule has 2 aromatic carbocycles. The summed E-state index contributed by atoms with van der Waals surface area (Å²) in [5.74, 6) is -5.17. The lowest BCUT2D eigenvalue weighted by Gasteiger charge is -2.45. The van der Waals surface area contributed by atoms with Crippen molar-refractivity contribution in [3.05, 3.63) is 59.4 Å². The van der Waals surface area contributed by atoms with Crippen LogP contribution < -0.4 is 4.18 Å². The van der Waals surface area contributed by atoms with E-state index >= 15 is 0 Å². The maximum atomic E-state index is 13.8. The van der Waals surface area contributed by atoms with Gasteiger partial charge in [0.15, 0.2) is 17.4 Å². The molecule has 0 unspecified atom stereocenters. The second-order valence-corrected chi connectivity index (χ2v) is 9.54. The van der Waals surface area contributed by atoms with Gasteiger partial charge in [0.2, 0.25) is 0 Å². The molecule has 0 spiro atoms. The van der Waals surface area contributed by atoms with Crippen LogP contribution >= 0.6 is 0 Å². The number of rotatable bonds is 5. The average Bonchev–Trinajstić information content (AvgIpc) is 2.64. The van der Waals surface area contributed by atoms with E-state index in [4.69, 9.17) is 17.0 Å². The van der Waals surface area contributed by atoms with E-state index in [1.165, 1.54) is 24.3 Å². The molecule has 1 aliphatic rings. The minimum absolute atomic E-state index is 0.125. The molecule has 0 radical (unpaired) electrons. The lowest BCUT2D eigenvalue weighted by atomic mass is 9.89. The summed E-state index contributed by atoms with van der Waals surface area (Å²) in [6, 6.07) is 5.78. The van der Waals surface area contributed by atoms with Crippen molar-refractivity contribution < 1.29 is 34.5 Å². The van der Waals surface area contributed by atoms with Crippen molar-refractivity contribution in [3.63, 3.8) is 0 Å². The van der Waals surface area contributed by atoms with Crippen molar-refractivity contribution in [2.75, 3.05) is 20.1 Å². The highest BCUT2D eigenvalue weighted by molar-refractivity contribution is 7.87. The Morgan fingerprint density at radius 3 is 2.34 bits per heavy atom. The normalized spacial score (nSPS) is 22.3. The number of carbonyl (C=O) groups is 1. The zero-order chi connectivity index (χ0) is 21.4. The van der Waals surface area contributed by atoms with Crippen LogP contribution in [0, 0.1) is 23.4 Å². The first-order chi connectivity index (χ1) is 13.5.